The highest BCUT2D eigenvalue weighted by atomic mass is 79.9. The van der Waals surface area contributed by atoms with Gasteiger partial charge in [-0.25, -0.2) is 4.79 Å². The van der Waals surface area contributed by atoms with Crippen LogP contribution < -0.4 is 10.1 Å². The van der Waals surface area contributed by atoms with Gasteiger partial charge in [-0.05, 0) is 67.9 Å². The fourth-order valence-electron chi connectivity index (χ4n) is 3.53. The summed E-state index contributed by atoms with van der Waals surface area (Å²) in [5, 5.41) is 3.46. The number of carbonyl (C=O) groups is 2. The van der Waals surface area contributed by atoms with Gasteiger partial charge in [0.25, 0.3) is 5.91 Å². The Hall–Kier alpha value is -1.86. The van der Waals surface area contributed by atoms with Crippen LogP contribution in [0.2, 0.25) is 0 Å². The van der Waals surface area contributed by atoms with Crippen LogP contribution in [0.4, 0.5) is 5.00 Å². The van der Waals surface area contributed by atoms with Crippen molar-refractivity contribution in [3.8, 4) is 5.75 Å². The van der Waals surface area contributed by atoms with Crippen LogP contribution >= 0.6 is 27.3 Å². The predicted molar refractivity (Wildman–Crippen MR) is 119 cm³/mol. The number of rotatable bonds is 7. The highest BCUT2D eigenvalue weighted by Gasteiger charge is 2.29. The normalized spacial score (nSPS) is 15.5. The Morgan fingerprint density at radius 1 is 1.31 bits per heavy atom. The van der Waals surface area contributed by atoms with E-state index in [9.17, 15) is 9.59 Å². The smallest absolute Gasteiger partial charge is 0.341 e. The summed E-state index contributed by atoms with van der Waals surface area (Å²) in [5.74, 6) is 0.618. The molecule has 1 unspecified atom stereocenters. The Balaban J connectivity index is 1.75. The molecule has 0 radical (unpaired) electrons. The second-order valence-electron chi connectivity index (χ2n) is 7.22. The first-order valence-electron chi connectivity index (χ1n) is 9.95. The van der Waals surface area contributed by atoms with E-state index in [4.69, 9.17) is 9.47 Å². The standard InChI is InChI=1S/C22H26BrNO4S/c1-4-14-11-15(23)7-9-17(14)28-12-19(25)24-21-20(22(26)27-5-2)16-8-6-13(3)10-18(16)29-21/h7,9,11,13H,4-6,8,10,12H2,1-3H3,(H,24,25). The van der Waals surface area contributed by atoms with Crippen molar-refractivity contribution in [3.05, 3.63) is 44.2 Å². The number of thiophene rings is 1. The lowest BCUT2D eigenvalue weighted by Crippen LogP contribution is -2.21. The number of nitrogens with one attached hydrogen (secondary N) is 1. The van der Waals surface area contributed by atoms with E-state index in [0.29, 0.717) is 28.8 Å². The third kappa shape index (κ3) is 5.20. The fraction of sp³-hybridized carbons (Fsp3) is 0.455. The van der Waals surface area contributed by atoms with Crippen molar-refractivity contribution in [2.75, 3.05) is 18.5 Å². The molecule has 1 aliphatic carbocycles. The van der Waals surface area contributed by atoms with Crippen molar-refractivity contribution in [3.63, 3.8) is 0 Å². The van der Waals surface area contributed by atoms with Gasteiger partial charge < -0.3 is 14.8 Å². The molecule has 0 saturated carbocycles. The molecule has 3 rings (SSSR count). The topological polar surface area (TPSA) is 64.6 Å². The zero-order chi connectivity index (χ0) is 21.0. The number of ether oxygens (including phenoxy) is 2. The first-order chi connectivity index (χ1) is 13.9. The maximum atomic E-state index is 12.6. The molecule has 1 heterocycles. The summed E-state index contributed by atoms with van der Waals surface area (Å²) in [6.07, 6.45) is 3.61. The molecule has 2 aromatic rings. The van der Waals surface area contributed by atoms with Gasteiger partial charge in [-0.15, -0.1) is 11.3 Å². The molecule has 1 N–H and O–H groups in total. The lowest BCUT2D eigenvalue weighted by molar-refractivity contribution is -0.118. The Bertz CT molecular complexity index is 908. The Morgan fingerprint density at radius 3 is 2.83 bits per heavy atom. The molecule has 1 atom stereocenters. The summed E-state index contributed by atoms with van der Waals surface area (Å²) in [5.41, 5.74) is 2.58. The zero-order valence-corrected chi connectivity index (χ0v) is 19.4. The van der Waals surface area contributed by atoms with Gasteiger partial charge in [0.15, 0.2) is 6.61 Å². The van der Waals surface area contributed by atoms with Crippen molar-refractivity contribution >= 4 is 44.1 Å². The highest BCUT2D eigenvalue weighted by molar-refractivity contribution is 9.10. The third-order valence-corrected chi connectivity index (χ3v) is 6.67. The van der Waals surface area contributed by atoms with Crippen molar-refractivity contribution in [1.82, 2.24) is 0 Å². The first kappa shape index (κ1) is 21.8. The summed E-state index contributed by atoms with van der Waals surface area (Å²) >= 11 is 4.94. The number of halogens is 1. The van der Waals surface area contributed by atoms with E-state index in [1.54, 1.807) is 6.92 Å². The molecule has 0 spiro atoms. The number of hydrogen-bond donors (Lipinski definition) is 1. The SMILES string of the molecule is CCOC(=O)c1c(NC(=O)COc2ccc(Br)cc2CC)sc2c1CCC(C)C2. The number of carbonyl (C=O) groups excluding carboxylic acids is 2. The molecule has 156 valence electrons. The summed E-state index contributed by atoms with van der Waals surface area (Å²) in [6.45, 7) is 6.23. The molecular formula is C22H26BrNO4S. The van der Waals surface area contributed by atoms with Crippen molar-refractivity contribution < 1.29 is 19.1 Å². The quantitative estimate of drug-likeness (QED) is 0.540. The first-order valence-corrected chi connectivity index (χ1v) is 11.6. The van der Waals surface area contributed by atoms with Crippen LogP contribution in [-0.2, 0) is 28.8 Å². The number of benzene rings is 1. The molecule has 5 nitrogen and oxygen atoms in total. The van der Waals surface area contributed by atoms with Crippen LogP contribution in [0.3, 0.4) is 0 Å². The highest BCUT2D eigenvalue weighted by Crippen LogP contribution is 2.40. The summed E-state index contributed by atoms with van der Waals surface area (Å²) in [7, 11) is 0. The predicted octanol–water partition coefficient (Wildman–Crippen LogP) is 5.39. The van der Waals surface area contributed by atoms with Gasteiger partial charge in [0.2, 0.25) is 0 Å². The van der Waals surface area contributed by atoms with Gasteiger partial charge >= 0.3 is 5.97 Å². The van der Waals surface area contributed by atoms with Crippen LogP contribution in [0.25, 0.3) is 0 Å². The van der Waals surface area contributed by atoms with Gasteiger partial charge in [-0.2, -0.15) is 0 Å². The van der Waals surface area contributed by atoms with Gasteiger partial charge in [-0.3, -0.25) is 4.79 Å². The van der Waals surface area contributed by atoms with Gasteiger partial charge in [0.1, 0.15) is 10.8 Å². The average molecular weight is 480 g/mol. The Kier molecular flexibility index (Phi) is 7.35. The van der Waals surface area contributed by atoms with E-state index in [0.717, 1.165) is 41.3 Å². The number of fused-ring (bicyclic) bond motifs is 1. The van der Waals surface area contributed by atoms with Crippen LogP contribution in [0.5, 0.6) is 5.75 Å². The lowest BCUT2D eigenvalue weighted by atomic mass is 9.88. The number of amides is 1. The molecule has 1 aliphatic rings. The molecule has 0 fully saturated rings. The van der Waals surface area contributed by atoms with E-state index in [1.807, 2.05) is 25.1 Å². The van der Waals surface area contributed by atoms with Crippen molar-refractivity contribution in [2.24, 2.45) is 5.92 Å². The summed E-state index contributed by atoms with van der Waals surface area (Å²) in [4.78, 5) is 26.3. The van der Waals surface area contributed by atoms with E-state index in [1.165, 1.54) is 16.2 Å². The van der Waals surface area contributed by atoms with Crippen molar-refractivity contribution in [1.29, 1.82) is 0 Å². The van der Waals surface area contributed by atoms with Crippen LogP contribution in [0, 0.1) is 5.92 Å². The fourth-order valence-corrected chi connectivity index (χ4v) is 5.35. The van der Waals surface area contributed by atoms with E-state index < -0.39 is 0 Å². The van der Waals surface area contributed by atoms with Crippen LogP contribution in [0.15, 0.2) is 22.7 Å². The second-order valence-corrected chi connectivity index (χ2v) is 9.24. The lowest BCUT2D eigenvalue weighted by Gasteiger charge is -2.18. The molecule has 1 aromatic heterocycles. The van der Waals surface area contributed by atoms with Crippen LogP contribution in [0.1, 0.15) is 53.6 Å². The maximum Gasteiger partial charge on any atom is 0.341 e. The monoisotopic (exact) mass is 479 g/mol. The van der Waals surface area contributed by atoms with Crippen molar-refractivity contribution in [2.45, 2.75) is 46.5 Å². The zero-order valence-electron chi connectivity index (χ0n) is 17.0. The Labute approximate surface area is 183 Å². The third-order valence-electron chi connectivity index (χ3n) is 5.01. The molecule has 0 saturated heterocycles. The number of esters is 1. The minimum Gasteiger partial charge on any atom is -0.483 e. The minimum absolute atomic E-state index is 0.115. The molecule has 1 amide bonds. The van der Waals surface area contributed by atoms with E-state index >= 15 is 0 Å². The molecule has 29 heavy (non-hydrogen) atoms. The minimum atomic E-state index is -0.364. The molecule has 0 aliphatic heterocycles. The largest absolute Gasteiger partial charge is 0.483 e. The number of anilines is 1. The summed E-state index contributed by atoms with van der Waals surface area (Å²) < 4.78 is 12.0. The molecule has 0 bridgehead atoms. The molecular weight excluding hydrogens is 454 g/mol. The van der Waals surface area contributed by atoms with Gasteiger partial charge in [-0.1, -0.05) is 29.8 Å². The van der Waals surface area contributed by atoms with E-state index in [-0.39, 0.29) is 18.5 Å². The van der Waals surface area contributed by atoms with Gasteiger partial charge in [0.05, 0.1) is 12.2 Å². The second kappa shape index (κ2) is 9.76. The number of hydrogen-bond acceptors (Lipinski definition) is 5. The van der Waals surface area contributed by atoms with Crippen LogP contribution in [-0.4, -0.2) is 25.1 Å². The summed E-state index contributed by atoms with van der Waals surface area (Å²) in [6, 6.07) is 5.73. The maximum absolute atomic E-state index is 12.6. The number of aryl methyl sites for hydroxylation is 1. The average Bonchev–Trinajstić information content (AvgIpc) is 3.03. The molecule has 7 heteroatoms. The molecule has 1 aromatic carbocycles. The van der Waals surface area contributed by atoms with Gasteiger partial charge in [0, 0.05) is 9.35 Å². The Morgan fingerprint density at radius 2 is 2.10 bits per heavy atom. The van der Waals surface area contributed by atoms with E-state index in [2.05, 4.69) is 28.2 Å².